The number of hydrogen-bond acceptors (Lipinski definition) is 2. The second kappa shape index (κ2) is 7.67. The summed E-state index contributed by atoms with van der Waals surface area (Å²) in [4.78, 5) is 0.351. The monoisotopic (exact) mass is 361 g/mol. The largest absolute Gasteiger partial charge is 0.243 e. The Balaban J connectivity index is 1.85. The summed E-state index contributed by atoms with van der Waals surface area (Å²) < 4.78 is 40.8. The van der Waals surface area contributed by atoms with Crippen LogP contribution in [0.4, 0.5) is 4.39 Å². The van der Waals surface area contributed by atoms with Gasteiger partial charge in [0.05, 0.1) is 4.90 Å². The minimum absolute atomic E-state index is 0.104. The molecule has 0 saturated carbocycles. The SMILES string of the molecule is CCc1ccc(S(=O)(=O)N2CCCCC(c3ccc(F)cc3)C2)cc1. The highest BCUT2D eigenvalue weighted by molar-refractivity contribution is 7.89. The molecule has 1 saturated heterocycles. The van der Waals surface area contributed by atoms with Crippen molar-refractivity contribution in [3.05, 3.63) is 65.5 Å². The lowest BCUT2D eigenvalue weighted by molar-refractivity contribution is 0.406. The van der Waals surface area contributed by atoms with Crippen molar-refractivity contribution >= 4 is 10.0 Å². The van der Waals surface area contributed by atoms with Crippen molar-refractivity contribution < 1.29 is 12.8 Å². The van der Waals surface area contributed by atoms with Crippen LogP contribution in [-0.2, 0) is 16.4 Å². The molecule has 0 amide bonds. The molecule has 1 aliphatic heterocycles. The smallest absolute Gasteiger partial charge is 0.207 e. The molecular formula is C20H24FNO2S. The van der Waals surface area contributed by atoms with Gasteiger partial charge in [0.1, 0.15) is 5.82 Å². The van der Waals surface area contributed by atoms with Crippen LogP contribution in [0.3, 0.4) is 0 Å². The van der Waals surface area contributed by atoms with Crippen LogP contribution in [0, 0.1) is 5.82 Å². The van der Waals surface area contributed by atoms with Crippen LogP contribution in [0.2, 0.25) is 0 Å². The van der Waals surface area contributed by atoms with E-state index in [2.05, 4.69) is 0 Å². The van der Waals surface area contributed by atoms with Crippen LogP contribution in [0.5, 0.6) is 0 Å². The molecule has 0 bridgehead atoms. The first-order valence-corrected chi connectivity index (χ1v) is 10.3. The Bertz CT molecular complexity index is 801. The van der Waals surface area contributed by atoms with E-state index in [1.807, 2.05) is 19.1 Å². The van der Waals surface area contributed by atoms with Gasteiger partial charge in [-0.3, -0.25) is 0 Å². The maximum absolute atomic E-state index is 13.2. The minimum atomic E-state index is -3.50. The Hall–Kier alpha value is -1.72. The molecule has 2 aromatic carbocycles. The van der Waals surface area contributed by atoms with Gasteiger partial charge in [0.15, 0.2) is 0 Å². The molecule has 1 heterocycles. The Morgan fingerprint density at radius 2 is 1.72 bits per heavy atom. The lowest BCUT2D eigenvalue weighted by atomic mass is 9.95. The molecule has 3 nitrogen and oxygen atoms in total. The van der Waals surface area contributed by atoms with Crippen LogP contribution in [0.1, 0.15) is 43.2 Å². The van der Waals surface area contributed by atoms with E-state index in [0.717, 1.165) is 36.8 Å². The lowest BCUT2D eigenvalue weighted by Crippen LogP contribution is -2.34. The second-order valence-corrected chi connectivity index (χ2v) is 8.54. The number of nitrogens with zero attached hydrogens (tertiary/aromatic N) is 1. The Morgan fingerprint density at radius 1 is 1.04 bits per heavy atom. The van der Waals surface area contributed by atoms with E-state index in [4.69, 9.17) is 0 Å². The third-order valence-corrected chi connectivity index (χ3v) is 6.82. The summed E-state index contributed by atoms with van der Waals surface area (Å²) in [5.74, 6) is -0.161. The Labute approximate surface area is 149 Å². The van der Waals surface area contributed by atoms with Gasteiger partial charge in [-0.2, -0.15) is 4.31 Å². The van der Waals surface area contributed by atoms with Crippen LogP contribution in [0.15, 0.2) is 53.4 Å². The number of benzene rings is 2. The zero-order valence-electron chi connectivity index (χ0n) is 14.5. The normalized spacial score (nSPS) is 19.5. The van der Waals surface area contributed by atoms with Gasteiger partial charge in [0, 0.05) is 13.1 Å². The molecule has 3 rings (SSSR count). The summed E-state index contributed by atoms with van der Waals surface area (Å²) in [7, 11) is -3.50. The van der Waals surface area contributed by atoms with Crippen LogP contribution in [-0.4, -0.2) is 25.8 Å². The van der Waals surface area contributed by atoms with Crippen LogP contribution >= 0.6 is 0 Å². The fourth-order valence-corrected chi connectivity index (χ4v) is 4.90. The van der Waals surface area contributed by atoms with Gasteiger partial charge in [-0.05, 0) is 60.6 Å². The van der Waals surface area contributed by atoms with Crippen LogP contribution < -0.4 is 0 Å². The van der Waals surface area contributed by atoms with E-state index in [1.165, 1.54) is 12.1 Å². The highest BCUT2D eigenvalue weighted by Gasteiger charge is 2.29. The number of aryl methyl sites for hydroxylation is 1. The minimum Gasteiger partial charge on any atom is -0.207 e. The van der Waals surface area contributed by atoms with Crippen molar-refractivity contribution in [2.75, 3.05) is 13.1 Å². The molecule has 1 aliphatic rings. The zero-order chi connectivity index (χ0) is 17.9. The summed E-state index contributed by atoms with van der Waals surface area (Å²) in [6.07, 6.45) is 3.63. The van der Waals surface area contributed by atoms with Crippen molar-refractivity contribution in [1.29, 1.82) is 0 Å². The van der Waals surface area contributed by atoms with E-state index < -0.39 is 10.0 Å². The van der Waals surface area contributed by atoms with Gasteiger partial charge in [0.25, 0.3) is 0 Å². The Morgan fingerprint density at radius 3 is 2.36 bits per heavy atom. The van der Waals surface area contributed by atoms with Gasteiger partial charge in [0.2, 0.25) is 10.0 Å². The average Bonchev–Trinajstić information content (AvgIpc) is 2.89. The van der Waals surface area contributed by atoms with Gasteiger partial charge < -0.3 is 0 Å². The van der Waals surface area contributed by atoms with E-state index in [1.54, 1.807) is 28.6 Å². The van der Waals surface area contributed by atoms with Gasteiger partial charge in [-0.15, -0.1) is 0 Å². The standard InChI is InChI=1S/C20H24FNO2S/c1-2-16-6-12-20(13-7-16)25(23,24)22-14-4-3-5-18(15-22)17-8-10-19(21)11-9-17/h6-13,18H,2-5,14-15H2,1H3. The average molecular weight is 361 g/mol. The molecule has 1 fully saturated rings. The van der Waals surface area contributed by atoms with Crippen molar-refractivity contribution in [2.24, 2.45) is 0 Å². The maximum Gasteiger partial charge on any atom is 0.243 e. The molecule has 0 radical (unpaired) electrons. The molecule has 0 spiro atoms. The third kappa shape index (κ3) is 4.10. The first-order valence-electron chi connectivity index (χ1n) is 8.85. The van der Waals surface area contributed by atoms with E-state index in [-0.39, 0.29) is 11.7 Å². The van der Waals surface area contributed by atoms with E-state index in [9.17, 15) is 12.8 Å². The molecule has 0 aromatic heterocycles. The lowest BCUT2D eigenvalue weighted by Gasteiger charge is -2.24. The first-order chi connectivity index (χ1) is 12.0. The molecule has 134 valence electrons. The highest BCUT2D eigenvalue weighted by atomic mass is 32.2. The van der Waals surface area contributed by atoms with Crippen molar-refractivity contribution in [1.82, 2.24) is 4.31 Å². The topological polar surface area (TPSA) is 37.4 Å². The molecule has 5 heteroatoms. The molecule has 1 atom stereocenters. The predicted molar refractivity (Wildman–Crippen MR) is 97.6 cm³/mol. The molecule has 2 aromatic rings. The van der Waals surface area contributed by atoms with Crippen LogP contribution in [0.25, 0.3) is 0 Å². The Kier molecular flexibility index (Phi) is 5.54. The van der Waals surface area contributed by atoms with Crippen molar-refractivity contribution in [2.45, 2.75) is 43.4 Å². The highest BCUT2D eigenvalue weighted by Crippen LogP contribution is 2.29. The number of hydrogen-bond donors (Lipinski definition) is 0. The molecule has 1 unspecified atom stereocenters. The quantitative estimate of drug-likeness (QED) is 0.812. The predicted octanol–water partition coefficient (Wildman–Crippen LogP) is 4.35. The fraction of sp³-hybridized carbons (Fsp3) is 0.400. The number of sulfonamides is 1. The summed E-state index contributed by atoms with van der Waals surface area (Å²) in [5, 5.41) is 0. The molecule has 25 heavy (non-hydrogen) atoms. The van der Waals surface area contributed by atoms with Crippen molar-refractivity contribution in [3.63, 3.8) is 0 Å². The summed E-state index contributed by atoms with van der Waals surface area (Å²) >= 11 is 0. The van der Waals surface area contributed by atoms with Gasteiger partial charge in [-0.25, -0.2) is 12.8 Å². The summed E-state index contributed by atoms with van der Waals surface area (Å²) in [5.41, 5.74) is 2.13. The van der Waals surface area contributed by atoms with E-state index >= 15 is 0 Å². The summed E-state index contributed by atoms with van der Waals surface area (Å²) in [6.45, 7) is 3.03. The number of rotatable bonds is 4. The number of halogens is 1. The van der Waals surface area contributed by atoms with Crippen molar-refractivity contribution in [3.8, 4) is 0 Å². The fourth-order valence-electron chi connectivity index (χ4n) is 3.38. The third-order valence-electron chi connectivity index (χ3n) is 4.94. The van der Waals surface area contributed by atoms with E-state index in [0.29, 0.717) is 18.0 Å². The van der Waals surface area contributed by atoms with Gasteiger partial charge >= 0.3 is 0 Å². The zero-order valence-corrected chi connectivity index (χ0v) is 15.3. The first kappa shape index (κ1) is 18.1. The summed E-state index contributed by atoms with van der Waals surface area (Å²) in [6, 6.07) is 13.6. The molecule has 0 aliphatic carbocycles. The molecule has 0 N–H and O–H groups in total. The second-order valence-electron chi connectivity index (χ2n) is 6.60. The molecular weight excluding hydrogens is 337 g/mol. The van der Waals surface area contributed by atoms with Gasteiger partial charge in [-0.1, -0.05) is 37.6 Å². The maximum atomic E-state index is 13.2.